The van der Waals surface area contributed by atoms with Gasteiger partial charge in [-0.3, -0.25) is 4.98 Å². The van der Waals surface area contributed by atoms with E-state index in [1.807, 2.05) is 12.3 Å². The summed E-state index contributed by atoms with van der Waals surface area (Å²) in [7, 11) is 0. The molecule has 0 saturated carbocycles. The maximum Gasteiger partial charge on any atom is 0.0787 e. The molecule has 0 amide bonds. The molecule has 0 fully saturated rings. The summed E-state index contributed by atoms with van der Waals surface area (Å²) in [5, 5.41) is 6.41. The molecule has 27 heavy (non-hydrogen) atoms. The molecule has 0 aliphatic rings. The SMILES string of the molecule is Cc1ccc(-n2c3cccc4c5cccnc5c5cc(C)cc2c5c43)cc1. The molecule has 128 valence electrons. The Kier molecular flexibility index (Phi) is 2.77. The van der Waals surface area contributed by atoms with Crippen LogP contribution in [0.3, 0.4) is 0 Å². The molecule has 0 unspecified atom stereocenters. The fourth-order valence-corrected chi connectivity index (χ4v) is 4.55. The number of hydrogen-bond acceptors (Lipinski definition) is 1. The van der Waals surface area contributed by atoms with Gasteiger partial charge < -0.3 is 4.57 Å². The van der Waals surface area contributed by atoms with E-state index in [2.05, 4.69) is 79.1 Å². The summed E-state index contributed by atoms with van der Waals surface area (Å²) in [5.74, 6) is 0. The minimum absolute atomic E-state index is 1.09. The maximum atomic E-state index is 4.76. The fraction of sp³-hybridized carbons (Fsp3) is 0.0800. The van der Waals surface area contributed by atoms with Gasteiger partial charge in [0.25, 0.3) is 0 Å². The largest absolute Gasteiger partial charge is 0.309 e. The van der Waals surface area contributed by atoms with Gasteiger partial charge in [-0.15, -0.1) is 0 Å². The second kappa shape index (κ2) is 5.08. The Bertz CT molecular complexity index is 1470. The molecule has 2 heteroatoms. The number of rotatable bonds is 1. The van der Waals surface area contributed by atoms with Gasteiger partial charge in [0.05, 0.1) is 16.6 Å². The number of nitrogens with zero attached hydrogens (tertiary/aromatic N) is 2. The third-order valence-electron chi connectivity index (χ3n) is 5.68. The van der Waals surface area contributed by atoms with E-state index < -0.39 is 0 Å². The summed E-state index contributed by atoms with van der Waals surface area (Å²) in [4.78, 5) is 4.76. The summed E-state index contributed by atoms with van der Waals surface area (Å²) >= 11 is 0. The fourth-order valence-electron chi connectivity index (χ4n) is 4.55. The summed E-state index contributed by atoms with van der Waals surface area (Å²) in [5.41, 5.74) is 7.34. The van der Waals surface area contributed by atoms with Crippen molar-refractivity contribution in [2.24, 2.45) is 0 Å². The van der Waals surface area contributed by atoms with Crippen LogP contribution in [0.1, 0.15) is 11.1 Å². The molecule has 0 aliphatic carbocycles. The zero-order chi connectivity index (χ0) is 18.1. The van der Waals surface area contributed by atoms with Gasteiger partial charge in [0.15, 0.2) is 0 Å². The molecule has 6 rings (SSSR count). The molecule has 2 aromatic heterocycles. The van der Waals surface area contributed by atoms with E-state index in [-0.39, 0.29) is 0 Å². The van der Waals surface area contributed by atoms with E-state index in [4.69, 9.17) is 4.98 Å². The Balaban J connectivity index is 1.96. The molecule has 0 bridgehead atoms. The van der Waals surface area contributed by atoms with Crippen molar-refractivity contribution in [3.05, 3.63) is 84.1 Å². The van der Waals surface area contributed by atoms with E-state index in [0.717, 1.165) is 5.52 Å². The van der Waals surface area contributed by atoms with Gasteiger partial charge in [-0.05, 0) is 61.2 Å². The molecule has 4 aromatic carbocycles. The number of aromatic nitrogens is 2. The molecular weight excluding hydrogens is 328 g/mol. The average molecular weight is 346 g/mol. The highest BCUT2D eigenvalue weighted by atomic mass is 15.0. The van der Waals surface area contributed by atoms with Gasteiger partial charge in [0.1, 0.15) is 0 Å². The zero-order valence-corrected chi connectivity index (χ0v) is 15.3. The van der Waals surface area contributed by atoms with Crippen molar-refractivity contribution in [2.45, 2.75) is 13.8 Å². The molecular formula is C25H18N2. The average Bonchev–Trinajstić information content (AvgIpc) is 3.02. The van der Waals surface area contributed by atoms with Crippen LogP contribution in [0.5, 0.6) is 0 Å². The third kappa shape index (κ3) is 1.87. The quantitative estimate of drug-likeness (QED) is 0.309. The predicted octanol–water partition coefficient (Wildman–Crippen LogP) is 6.54. The van der Waals surface area contributed by atoms with Gasteiger partial charge in [-0.25, -0.2) is 0 Å². The van der Waals surface area contributed by atoms with E-state index in [1.165, 1.54) is 54.8 Å². The highest BCUT2D eigenvalue weighted by Crippen LogP contribution is 2.43. The second-order valence-electron chi connectivity index (χ2n) is 7.48. The van der Waals surface area contributed by atoms with Crippen molar-refractivity contribution in [1.29, 1.82) is 0 Å². The molecule has 0 saturated heterocycles. The van der Waals surface area contributed by atoms with Crippen LogP contribution < -0.4 is 0 Å². The standard InChI is InChI=1S/C25H18N2/c1-15-8-10-17(11-9-15)27-21-7-3-5-18-19-6-4-12-26-25(19)20-13-16(2)14-22(27)24(20)23(18)21/h3-14H,1-2H3. The van der Waals surface area contributed by atoms with Crippen LogP contribution >= 0.6 is 0 Å². The zero-order valence-electron chi connectivity index (χ0n) is 15.3. The number of aryl methyl sites for hydroxylation is 2. The smallest absolute Gasteiger partial charge is 0.0787 e. The topological polar surface area (TPSA) is 17.8 Å². The molecule has 0 N–H and O–H groups in total. The van der Waals surface area contributed by atoms with Gasteiger partial charge in [-0.1, -0.05) is 35.9 Å². The molecule has 2 nitrogen and oxygen atoms in total. The monoisotopic (exact) mass is 346 g/mol. The first-order valence-corrected chi connectivity index (χ1v) is 9.33. The first kappa shape index (κ1) is 14.7. The van der Waals surface area contributed by atoms with Crippen LogP contribution in [0.25, 0.3) is 49.2 Å². The lowest BCUT2D eigenvalue weighted by Gasteiger charge is -2.09. The molecule has 0 spiro atoms. The lowest BCUT2D eigenvalue weighted by atomic mass is 9.96. The van der Waals surface area contributed by atoms with Crippen molar-refractivity contribution in [3.63, 3.8) is 0 Å². The third-order valence-corrected chi connectivity index (χ3v) is 5.68. The van der Waals surface area contributed by atoms with Gasteiger partial charge in [0.2, 0.25) is 0 Å². The van der Waals surface area contributed by atoms with Crippen LogP contribution in [0.2, 0.25) is 0 Å². The predicted molar refractivity (Wildman–Crippen MR) is 114 cm³/mol. The summed E-state index contributed by atoms with van der Waals surface area (Å²) in [6.45, 7) is 4.30. The molecule has 0 atom stereocenters. The molecule has 0 radical (unpaired) electrons. The Hall–Kier alpha value is -3.39. The van der Waals surface area contributed by atoms with Crippen molar-refractivity contribution >= 4 is 43.5 Å². The van der Waals surface area contributed by atoms with Crippen LogP contribution in [0.15, 0.2) is 72.9 Å². The van der Waals surface area contributed by atoms with Gasteiger partial charge >= 0.3 is 0 Å². The number of hydrogen-bond donors (Lipinski definition) is 0. The van der Waals surface area contributed by atoms with E-state index >= 15 is 0 Å². The highest BCUT2D eigenvalue weighted by molar-refractivity contribution is 6.33. The molecule has 0 aliphatic heterocycles. The Labute approximate surface area is 157 Å². The summed E-state index contributed by atoms with van der Waals surface area (Å²) in [6.07, 6.45) is 1.90. The van der Waals surface area contributed by atoms with E-state index in [0.29, 0.717) is 0 Å². The Morgan fingerprint density at radius 2 is 1.44 bits per heavy atom. The van der Waals surface area contributed by atoms with Crippen LogP contribution in [0, 0.1) is 13.8 Å². The molecule has 2 heterocycles. The second-order valence-corrected chi connectivity index (χ2v) is 7.48. The molecule has 6 aromatic rings. The number of benzene rings is 4. The Morgan fingerprint density at radius 1 is 0.667 bits per heavy atom. The first-order chi connectivity index (χ1) is 13.2. The number of fused-ring (bicyclic) bond motifs is 3. The lowest BCUT2D eigenvalue weighted by Crippen LogP contribution is -1.93. The number of pyridine rings is 1. The normalized spacial score (nSPS) is 12.1. The maximum absolute atomic E-state index is 4.76. The lowest BCUT2D eigenvalue weighted by molar-refractivity contribution is 1.17. The first-order valence-electron chi connectivity index (χ1n) is 9.33. The van der Waals surface area contributed by atoms with Crippen LogP contribution in [0.4, 0.5) is 0 Å². The summed E-state index contributed by atoms with van der Waals surface area (Å²) in [6, 6.07) is 24.2. The van der Waals surface area contributed by atoms with Crippen molar-refractivity contribution in [2.75, 3.05) is 0 Å². The van der Waals surface area contributed by atoms with E-state index in [9.17, 15) is 0 Å². The Morgan fingerprint density at radius 3 is 2.30 bits per heavy atom. The van der Waals surface area contributed by atoms with Gasteiger partial charge in [-0.2, -0.15) is 0 Å². The van der Waals surface area contributed by atoms with Crippen LogP contribution in [-0.4, -0.2) is 9.55 Å². The van der Waals surface area contributed by atoms with Crippen molar-refractivity contribution < 1.29 is 0 Å². The minimum atomic E-state index is 1.09. The van der Waals surface area contributed by atoms with Crippen molar-refractivity contribution in [1.82, 2.24) is 9.55 Å². The van der Waals surface area contributed by atoms with Crippen molar-refractivity contribution in [3.8, 4) is 5.69 Å². The van der Waals surface area contributed by atoms with Gasteiger partial charge in [0, 0.05) is 33.4 Å². The minimum Gasteiger partial charge on any atom is -0.309 e. The van der Waals surface area contributed by atoms with Crippen LogP contribution in [-0.2, 0) is 0 Å². The van der Waals surface area contributed by atoms with E-state index in [1.54, 1.807) is 0 Å². The summed E-state index contributed by atoms with van der Waals surface area (Å²) < 4.78 is 2.40. The highest BCUT2D eigenvalue weighted by Gasteiger charge is 2.20.